The van der Waals surface area contributed by atoms with E-state index in [0.717, 1.165) is 54.7 Å². The Morgan fingerprint density at radius 2 is 1.68 bits per heavy atom. The van der Waals surface area contributed by atoms with Crippen LogP contribution in [0.2, 0.25) is 0 Å². The second-order valence-electron chi connectivity index (χ2n) is 5.57. The molecule has 0 aliphatic rings. The molecule has 1 N–H and O–H groups in total. The molecule has 0 fully saturated rings. The standard InChI is InChI=1S/C18H30FNO2/c1-5-16(20-2)11-15-13-17(21-3)14(12-18(15)22-4)9-7-6-8-10-19/h12-13,16,20H,5-11H2,1-4H3. The number of hydrogen-bond acceptors (Lipinski definition) is 3. The molecule has 0 saturated heterocycles. The largest absolute Gasteiger partial charge is 0.496 e. The Kier molecular flexibility index (Phi) is 8.90. The molecule has 1 atom stereocenters. The third-order valence-electron chi connectivity index (χ3n) is 4.13. The highest BCUT2D eigenvalue weighted by Gasteiger charge is 2.14. The lowest BCUT2D eigenvalue weighted by Crippen LogP contribution is -2.26. The van der Waals surface area contributed by atoms with Crippen LogP contribution >= 0.6 is 0 Å². The van der Waals surface area contributed by atoms with Crippen LogP contribution in [0.3, 0.4) is 0 Å². The van der Waals surface area contributed by atoms with E-state index in [2.05, 4.69) is 24.4 Å². The van der Waals surface area contributed by atoms with E-state index >= 15 is 0 Å². The fourth-order valence-electron chi connectivity index (χ4n) is 2.68. The summed E-state index contributed by atoms with van der Waals surface area (Å²) in [5, 5.41) is 3.32. The van der Waals surface area contributed by atoms with Gasteiger partial charge in [-0.25, -0.2) is 0 Å². The van der Waals surface area contributed by atoms with Crippen LogP contribution in [0.15, 0.2) is 12.1 Å². The molecule has 0 amide bonds. The number of ether oxygens (including phenoxy) is 2. The van der Waals surface area contributed by atoms with Gasteiger partial charge in [0.1, 0.15) is 11.5 Å². The normalized spacial score (nSPS) is 12.2. The Morgan fingerprint density at radius 1 is 1.05 bits per heavy atom. The quantitative estimate of drug-likeness (QED) is 0.628. The number of nitrogens with one attached hydrogen (secondary N) is 1. The van der Waals surface area contributed by atoms with Crippen molar-refractivity contribution in [2.75, 3.05) is 27.9 Å². The van der Waals surface area contributed by atoms with Crippen molar-refractivity contribution in [2.45, 2.75) is 51.5 Å². The van der Waals surface area contributed by atoms with E-state index in [1.54, 1.807) is 14.2 Å². The first kappa shape index (κ1) is 18.8. The van der Waals surface area contributed by atoms with Crippen molar-refractivity contribution < 1.29 is 13.9 Å². The third-order valence-corrected chi connectivity index (χ3v) is 4.13. The molecule has 1 aromatic carbocycles. The summed E-state index contributed by atoms with van der Waals surface area (Å²) < 4.78 is 23.3. The molecule has 4 heteroatoms. The van der Waals surface area contributed by atoms with E-state index in [1.807, 2.05) is 7.05 Å². The van der Waals surface area contributed by atoms with Gasteiger partial charge >= 0.3 is 0 Å². The Balaban J connectivity index is 2.91. The van der Waals surface area contributed by atoms with Crippen LogP contribution in [0, 0.1) is 0 Å². The Morgan fingerprint density at radius 3 is 2.23 bits per heavy atom. The van der Waals surface area contributed by atoms with Crippen molar-refractivity contribution >= 4 is 0 Å². The Bertz CT molecular complexity index is 433. The lowest BCUT2D eigenvalue weighted by atomic mass is 9.98. The summed E-state index contributed by atoms with van der Waals surface area (Å²) >= 11 is 0. The molecular weight excluding hydrogens is 281 g/mol. The van der Waals surface area contributed by atoms with Crippen molar-refractivity contribution in [2.24, 2.45) is 0 Å². The SMILES string of the molecule is CCC(Cc1cc(OC)c(CCCCCF)cc1OC)NC. The maximum absolute atomic E-state index is 12.2. The maximum Gasteiger partial charge on any atom is 0.122 e. The second kappa shape index (κ2) is 10.4. The summed E-state index contributed by atoms with van der Waals surface area (Å²) in [6.07, 6.45) is 5.38. The highest BCUT2D eigenvalue weighted by atomic mass is 19.1. The molecule has 126 valence electrons. The van der Waals surface area contributed by atoms with Gasteiger partial charge in [0.25, 0.3) is 0 Å². The summed E-state index contributed by atoms with van der Waals surface area (Å²) in [6.45, 7) is 1.94. The molecule has 0 heterocycles. The minimum Gasteiger partial charge on any atom is -0.496 e. The number of likely N-dealkylation sites (N-methyl/N-ethyl adjacent to an activating group) is 1. The summed E-state index contributed by atoms with van der Waals surface area (Å²) in [5.74, 6) is 1.82. The molecule has 1 rings (SSSR count). The molecule has 0 aliphatic carbocycles. The molecule has 0 aliphatic heterocycles. The average Bonchev–Trinajstić information content (AvgIpc) is 2.56. The van der Waals surface area contributed by atoms with Gasteiger partial charge in [-0.15, -0.1) is 0 Å². The molecule has 0 saturated carbocycles. The van der Waals surface area contributed by atoms with Gasteiger partial charge in [0.05, 0.1) is 20.9 Å². The van der Waals surface area contributed by atoms with E-state index in [1.165, 1.54) is 0 Å². The number of aryl methyl sites for hydroxylation is 1. The molecule has 22 heavy (non-hydrogen) atoms. The zero-order valence-corrected chi connectivity index (χ0v) is 14.4. The first-order valence-electron chi connectivity index (χ1n) is 8.17. The van der Waals surface area contributed by atoms with Crippen LogP contribution in [-0.2, 0) is 12.8 Å². The van der Waals surface area contributed by atoms with E-state index < -0.39 is 0 Å². The van der Waals surface area contributed by atoms with Crippen LogP contribution in [0.25, 0.3) is 0 Å². The lowest BCUT2D eigenvalue weighted by molar-refractivity contribution is 0.390. The highest BCUT2D eigenvalue weighted by Crippen LogP contribution is 2.31. The van der Waals surface area contributed by atoms with Crippen molar-refractivity contribution in [1.29, 1.82) is 0 Å². The average molecular weight is 311 g/mol. The predicted molar refractivity (Wildman–Crippen MR) is 89.9 cm³/mol. The van der Waals surface area contributed by atoms with E-state index in [4.69, 9.17) is 9.47 Å². The summed E-state index contributed by atoms with van der Waals surface area (Å²) in [7, 11) is 5.39. The molecule has 0 bridgehead atoms. The number of halogens is 1. The Labute approximate surface area is 134 Å². The molecule has 1 aromatic rings. The van der Waals surface area contributed by atoms with Gasteiger partial charge in [-0.1, -0.05) is 13.3 Å². The van der Waals surface area contributed by atoms with Gasteiger partial charge in [0.2, 0.25) is 0 Å². The van der Waals surface area contributed by atoms with Crippen molar-refractivity contribution in [3.63, 3.8) is 0 Å². The minimum atomic E-state index is -0.234. The molecule has 0 radical (unpaired) electrons. The monoisotopic (exact) mass is 311 g/mol. The van der Waals surface area contributed by atoms with Crippen LogP contribution in [0.4, 0.5) is 4.39 Å². The summed E-state index contributed by atoms with van der Waals surface area (Å²) in [4.78, 5) is 0. The lowest BCUT2D eigenvalue weighted by Gasteiger charge is -2.19. The number of alkyl halides is 1. The number of unbranched alkanes of at least 4 members (excludes halogenated alkanes) is 2. The molecule has 1 unspecified atom stereocenters. The zero-order chi connectivity index (χ0) is 16.4. The van der Waals surface area contributed by atoms with Gasteiger partial charge in [0.15, 0.2) is 0 Å². The molecule has 3 nitrogen and oxygen atoms in total. The van der Waals surface area contributed by atoms with Crippen molar-refractivity contribution in [3.05, 3.63) is 23.3 Å². The first-order valence-corrected chi connectivity index (χ1v) is 8.17. The topological polar surface area (TPSA) is 30.5 Å². The zero-order valence-electron chi connectivity index (χ0n) is 14.4. The maximum atomic E-state index is 12.2. The number of hydrogen-bond donors (Lipinski definition) is 1. The van der Waals surface area contributed by atoms with Gasteiger partial charge in [-0.05, 0) is 62.4 Å². The smallest absolute Gasteiger partial charge is 0.122 e. The van der Waals surface area contributed by atoms with Crippen molar-refractivity contribution in [3.8, 4) is 11.5 Å². The fraction of sp³-hybridized carbons (Fsp3) is 0.667. The summed E-state index contributed by atoms with van der Waals surface area (Å²) in [5.41, 5.74) is 2.30. The van der Waals surface area contributed by atoms with Crippen LogP contribution in [-0.4, -0.2) is 34.0 Å². The van der Waals surface area contributed by atoms with Gasteiger partial charge in [-0.3, -0.25) is 4.39 Å². The van der Waals surface area contributed by atoms with Crippen LogP contribution in [0.5, 0.6) is 11.5 Å². The van der Waals surface area contributed by atoms with Crippen LogP contribution in [0.1, 0.15) is 43.7 Å². The third kappa shape index (κ3) is 5.48. The van der Waals surface area contributed by atoms with E-state index in [9.17, 15) is 4.39 Å². The Hall–Kier alpha value is -1.29. The van der Waals surface area contributed by atoms with Gasteiger partial charge in [0, 0.05) is 6.04 Å². The van der Waals surface area contributed by atoms with Gasteiger partial charge < -0.3 is 14.8 Å². The molecule has 0 aromatic heterocycles. The predicted octanol–water partition coefficient (Wildman–Crippen LogP) is 3.93. The van der Waals surface area contributed by atoms with E-state index in [0.29, 0.717) is 12.5 Å². The summed E-state index contributed by atoms with van der Waals surface area (Å²) in [6, 6.07) is 4.59. The van der Waals surface area contributed by atoms with Crippen molar-refractivity contribution in [1.82, 2.24) is 5.32 Å². The number of rotatable bonds is 11. The second-order valence-corrected chi connectivity index (χ2v) is 5.57. The fourth-order valence-corrected chi connectivity index (χ4v) is 2.68. The highest BCUT2D eigenvalue weighted by molar-refractivity contribution is 5.47. The van der Waals surface area contributed by atoms with E-state index in [-0.39, 0.29) is 6.67 Å². The number of methoxy groups -OCH3 is 2. The van der Waals surface area contributed by atoms with Gasteiger partial charge in [-0.2, -0.15) is 0 Å². The number of benzene rings is 1. The van der Waals surface area contributed by atoms with Crippen LogP contribution < -0.4 is 14.8 Å². The minimum absolute atomic E-state index is 0.234. The molecule has 0 spiro atoms. The molecular formula is C18H30FNO2. The first-order chi connectivity index (χ1) is 10.7.